The highest BCUT2D eigenvalue weighted by Gasteiger charge is 2.29. The Morgan fingerprint density at radius 2 is 2.14 bits per heavy atom. The highest BCUT2D eigenvalue weighted by Crippen LogP contribution is 2.16. The molecule has 0 aliphatic carbocycles. The number of amides is 2. The van der Waals surface area contributed by atoms with Crippen LogP contribution in [-0.2, 0) is 9.53 Å². The molecule has 2 amide bonds. The minimum atomic E-state index is -0.494. The third-order valence-electron chi connectivity index (χ3n) is 2.70. The fraction of sp³-hybridized carbons (Fsp3) is 0.800. The van der Waals surface area contributed by atoms with E-state index in [0.29, 0.717) is 31.4 Å². The minimum Gasteiger partial charge on any atom is -0.447 e. The molecule has 1 fully saturated rings. The van der Waals surface area contributed by atoms with Gasteiger partial charge in [-0.3, -0.25) is 4.79 Å². The molecule has 1 aliphatic heterocycles. The van der Waals surface area contributed by atoms with Crippen molar-refractivity contribution in [3.05, 3.63) is 0 Å². The number of nitrogens with zero attached hydrogens (tertiary/aromatic N) is 1. The molecule has 0 radical (unpaired) electrons. The third kappa shape index (κ3) is 2.47. The second-order valence-corrected chi connectivity index (χ2v) is 4.09. The van der Waals surface area contributed by atoms with Crippen molar-refractivity contribution < 1.29 is 14.3 Å². The summed E-state index contributed by atoms with van der Waals surface area (Å²) in [5, 5.41) is 0. The van der Waals surface area contributed by atoms with Crippen molar-refractivity contribution in [2.45, 2.75) is 27.2 Å². The maximum atomic E-state index is 11.6. The van der Waals surface area contributed by atoms with Gasteiger partial charge in [0.2, 0.25) is 5.91 Å². The third-order valence-corrected chi connectivity index (χ3v) is 2.70. The van der Waals surface area contributed by atoms with Gasteiger partial charge in [-0.2, -0.15) is 0 Å². The van der Waals surface area contributed by atoms with Crippen LogP contribution in [0.4, 0.5) is 4.79 Å². The Kier molecular flexibility index (Phi) is 3.49. The first-order valence-electron chi connectivity index (χ1n) is 4.99. The van der Waals surface area contributed by atoms with Crippen LogP contribution in [0.3, 0.4) is 0 Å². The van der Waals surface area contributed by atoms with E-state index in [9.17, 15) is 9.59 Å². The Balaban J connectivity index is 2.45. The van der Waals surface area contributed by atoms with Gasteiger partial charge in [-0.1, -0.05) is 20.8 Å². The van der Waals surface area contributed by atoms with E-state index in [1.54, 1.807) is 0 Å². The fourth-order valence-electron chi connectivity index (χ4n) is 1.24. The summed E-state index contributed by atoms with van der Waals surface area (Å²) in [6.45, 7) is 6.90. The van der Waals surface area contributed by atoms with Crippen molar-refractivity contribution in [3.63, 3.8) is 0 Å². The standard InChI is InChI=1S/C10H17NO3/c1-7(2)8(3)6-9(12)11-4-5-14-10(11)13/h7-8H,4-6H2,1-3H3/t8-/m1/s1. The molecule has 0 aromatic heterocycles. The second kappa shape index (κ2) is 4.44. The number of hydrogen-bond acceptors (Lipinski definition) is 3. The van der Waals surface area contributed by atoms with Crippen molar-refractivity contribution >= 4 is 12.0 Å². The number of ether oxygens (including phenoxy) is 1. The first kappa shape index (κ1) is 11.0. The zero-order valence-electron chi connectivity index (χ0n) is 8.95. The lowest BCUT2D eigenvalue weighted by Gasteiger charge is -2.17. The van der Waals surface area contributed by atoms with Gasteiger partial charge in [0, 0.05) is 6.42 Å². The molecule has 14 heavy (non-hydrogen) atoms. The zero-order valence-corrected chi connectivity index (χ0v) is 8.95. The molecule has 0 saturated carbocycles. The molecule has 1 atom stereocenters. The monoisotopic (exact) mass is 199 g/mol. The van der Waals surface area contributed by atoms with Gasteiger partial charge in [-0.05, 0) is 11.8 Å². The second-order valence-electron chi connectivity index (χ2n) is 4.09. The van der Waals surface area contributed by atoms with Crippen LogP contribution >= 0.6 is 0 Å². The van der Waals surface area contributed by atoms with Crippen molar-refractivity contribution in [2.24, 2.45) is 11.8 Å². The number of hydrogen-bond donors (Lipinski definition) is 0. The van der Waals surface area contributed by atoms with E-state index in [1.165, 1.54) is 4.90 Å². The lowest BCUT2D eigenvalue weighted by Crippen LogP contribution is -2.33. The number of carbonyl (C=O) groups excluding carboxylic acids is 2. The van der Waals surface area contributed by atoms with Crippen LogP contribution in [0.2, 0.25) is 0 Å². The number of carbonyl (C=O) groups is 2. The van der Waals surface area contributed by atoms with Crippen LogP contribution in [0.25, 0.3) is 0 Å². The van der Waals surface area contributed by atoms with Gasteiger partial charge in [0.15, 0.2) is 0 Å². The van der Waals surface area contributed by atoms with Gasteiger partial charge >= 0.3 is 6.09 Å². The van der Waals surface area contributed by atoms with Crippen molar-refractivity contribution in [1.82, 2.24) is 4.90 Å². The Labute approximate surface area is 84.2 Å². The zero-order chi connectivity index (χ0) is 10.7. The Bertz CT molecular complexity index is 238. The van der Waals surface area contributed by atoms with E-state index < -0.39 is 6.09 Å². The van der Waals surface area contributed by atoms with E-state index in [1.807, 2.05) is 6.92 Å². The predicted octanol–water partition coefficient (Wildman–Crippen LogP) is 1.65. The summed E-state index contributed by atoms with van der Waals surface area (Å²) < 4.78 is 4.69. The largest absolute Gasteiger partial charge is 0.447 e. The topological polar surface area (TPSA) is 46.6 Å². The molecule has 80 valence electrons. The molecule has 1 heterocycles. The van der Waals surface area contributed by atoms with Gasteiger partial charge < -0.3 is 4.74 Å². The average Bonchev–Trinajstić information content (AvgIpc) is 2.51. The van der Waals surface area contributed by atoms with Crippen LogP contribution < -0.4 is 0 Å². The molecule has 0 N–H and O–H groups in total. The first-order chi connectivity index (χ1) is 6.52. The van der Waals surface area contributed by atoms with Crippen LogP contribution in [0.5, 0.6) is 0 Å². The molecule has 0 bridgehead atoms. The summed E-state index contributed by atoms with van der Waals surface area (Å²) in [6, 6.07) is 0. The molecule has 0 aromatic carbocycles. The van der Waals surface area contributed by atoms with E-state index in [0.717, 1.165) is 0 Å². The Morgan fingerprint density at radius 1 is 1.50 bits per heavy atom. The molecular formula is C10H17NO3. The molecular weight excluding hydrogens is 182 g/mol. The van der Waals surface area contributed by atoms with Gasteiger partial charge in [0.25, 0.3) is 0 Å². The van der Waals surface area contributed by atoms with Crippen LogP contribution in [0.1, 0.15) is 27.2 Å². The van der Waals surface area contributed by atoms with Crippen LogP contribution in [-0.4, -0.2) is 30.1 Å². The smallest absolute Gasteiger partial charge is 0.416 e. The van der Waals surface area contributed by atoms with Crippen molar-refractivity contribution in [1.29, 1.82) is 0 Å². The number of rotatable bonds is 3. The van der Waals surface area contributed by atoms with Gasteiger partial charge in [0.1, 0.15) is 6.61 Å². The molecule has 1 rings (SSSR count). The molecule has 1 aliphatic rings. The van der Waals surface area contributed by atoms with Crippen LogP contribution in [0, 0.1) is 11.8 Å². The minimum absolute atomic E-state index is 0.117. The summed E-state index contributed by atoms with van der Waals surface area (Å²) >= 11 is 0. The summed E-state index contributed by atoms with van der Waals surface area (Å²) in [4.78, 5) is 23.8. The molecule has 0 unspecified atom stereocenters. The van der Waals surface area contributed by atoms with Gasteiger partial charge in [0.05, 0.1) is 6.54 Å². The normalized spacial score (nSPS) is 18.6. The average molecular weight is 199 g/mol. The lowest BCUT2D eigenvalue weighted by atomic mass is 9.94. The van der Waals surface area contributed by atoms with Gasteiger partial charge in [-0.25, -0.2) is 9.69 Å². The SMILES string of the molecule is CC(C)[C@H](C)CC(=O)N1CCOC1=O. The predicted molar refractivity (Wildman–Crippen MR) is 51.7 cm³/mol. The molecule has 1 saturated heterocycles. The summed E-state index contributed by atoms with van der Waals surface area (Å²) in [5.41, 5.74) is 0. The van der Waals surface area contributed by atoms with Crippen molar-refractivity contribution in [3.8, 4) is 0 Å². The van der Waals surface area contributed by atoms with E-state index >= 15 is 0 Å². The molecule has 0 spiro atoms. The molecule has 4 heteroatoms. The first-order valence-corrected chi connectivity index (χ1v) is 4.99. The quantitative estimate of drug-likeness (QED) is 0.694. The highest BCUT2D eigenvalue weighted by molar-refractivity contribution is 5.92. The van der Waals surface area contributed by atoms with Crippen molar-refractivity contribution in [2.75, 3.05) is 13.2 Å². The van der Waals surface area contributed by atoms with E-state index in [4.69, 9.17) is 4.74 Å². The highest BCUT2D eigenvalue weighted by atomic mass is 16.6. The summed E-state index contributed by atoms with van der Waals surface area (Å²) in [5.74, 6) is 0.641. The fourth-order valence-corrected chi connectivity index (χ4v) is 1.24. The van der Waals surface area contributed by atoms with Gasteiger partial charge in [-0.15, -0.1) is 0 Å². The van der Waals surface area contributed by atoms with E-state index in [2.05, 4.69) is 13.8 Å². The maximum absolute atomic E-state index is 11.6. The maximum Gasteiger partial charge on any atom is 0.416 e. The number of cyclic esters (lactones) is 1. The Hall–Kier alpha value is -1.06. The van der Waals surface area contributed by atoms with E-state index in [-0.39, 0.29) is 5.91 Å². The van der Waals surface area contributed by atoms with Crippen LogP contribution in [0.15, 0.2) is 0 Å². The summed E-state index contributed by atoms with van der Waals surface area (Å²) in [7, 11) is 0. The summed E-state index contributed by atoms with van der Waals surface area (Å²) in [6.07, 6.45) is -0.0711. The molecule has 0 aromatic rings. The number of imide groups is 1. The Morgan fingerprint density at radius 3 is 2.57 bits per heavy atom. The molecule has 4 nitrogen and oxygen atoms in total. The lowest BCUT2D eigenvalue weighted by molar-refractivity contribution is -0.128.